The quantitative estimate of drug-likeness (QED) is 0.622. The van der Waals surface area contributed by atoms with Gasteiger partial charge in [0.25, 0.3) is 0 Å². The molecule has 2 aromatic heterocycles. The number of aromatic amines is 1. The lowest BCUT2D eigenvalue weighted by Crippen LogP contribution is -2.02. The van der Waals surface area contributed by atoms with Gasteiger partial charge in [-0.2, -0.15) is 0 Å². The van der Waals surface area contributed by atoms with Gasteiger partial charge in [0.1, 0.15) is 0 Å². The number of rotatable bonds is 2. The van der Waals surface area contributed by atoms with Crippen molar-refractivity contribution in [3.05, 3.63) is 35.3 Å². The first-order valence-corrected chi connectivity index (χ1v) is 5.23. The van der Waals surface area contributed by atoms with Gasteiger partial charge in [0.15, 0.2) is 10.4 Å². The summed E-state index contributed by atoms with van der Waals surface area (Å²) in [5.41, 5.74) is 2.99. The zero-order valence-corrected chi connectivity index (χ0v) is 9.64. The van der Waals surface area contributed by atoms with Crippen LogP contribution in [0, 0.1) is 11.7 Å². The largest absolute Gasteiger partial charge is 0.329 e. The summed E-state index contributed by atoms with van der Waals surface area (Å²) in [5, 5.41) is 0. The summed E-state index contributed by atoms with van der Waals surface area (Å²) in [7, 11) is 0. The molecular formula is C11H13N3S. The van der Waals surface area contributed by atoms with Crippen LogP contribution in [0.2, 0.25) is 0 Å². The van der Waals surface area contributed by atoms with Crippen molar-refractivity contribution >= 4 is 23.4 Å². The molecule has 1 unspecified atom stereocenters. The van der Waals surface area contributed by atoms with Crippen LogP contribution >= 0.6 is 12.2 Å². The molecule has 0 aliphatic rings. The van der Waals surface area contributed by atoms with Crippen molar-refractivity contribution in [2.75, 3.05) is 0 Å². The summed E-state index contributed by atoms with van der Waals surface area (Å²) >= 11 is 5.26. The van der Waals surface area contributed by atoms with Crippen LogP contribution in [-0.2, 0) is 0 Å². The molecule has 0 aliphatic heterocycles. The number of hydrogen-bond donors (Lipinski definition) is 1. The molecule has 2 heterocycles. The molecule has 4 heteroatoms. The van der Waals surface area contributed by atoms with Gasteiger partial charge in [-0.1, -0.05) is 6.08 Å². The minimum absolute atomic E-state index is 0.154. The first-order valence-electron chi connectivity index (χ1n) is 4.83. The predicted molar refractivity (Wildman–Crippen MR) is 64.6 cm³/mol. The number of nitrogens with zero attached hydrogens (tertiary/aromatic N) is 2. The van der Waals surface area contributed by atoms with E-state index in [4.69, 9.17) is 12.2 Å². The van der Waals surface area contributed by atoms with Crippen LogP contribution in [0.5, 0.6) is 0 Å². The molecule has 0 saturated carbocycles. The summed E-state index contributed by atoms with van der Waals surface area (Å²) in [6, 6.07) is 2.20. The number of aromatic nitrogens is 3. The molecule has 1 N–H and O–H groups in total. The van der Waals surface area contributed by atoms with E-state index in [0.717, 1.165) is 16.7 Å². The second-order valence-corrected chi connectivity index (χ2v) is 4.05. The fourth-order valence-corrected chi connectivity index (χ4v) is 1.96. The van der Waals surface area contributed by atoms with Gasteiger partial charge < -0.3 is 4.98 Å². The smallest absolute Gasteiger partial charge is 0.179 e. The van der Waals surface area contributed by atoms with Crippen molar-refractivity contribution in [3.8, 4) is 0 Å². The Morgan fingerprint density at radius 1 is 1.67 bits per heavy atom. The SMILES string of the molecule is C=CC(C)n1c(=S)[nH]c2cc(C)cnc21. The van der Waals surface area contributed by atoms with Crippen molar-refractivity contribution in [3.63, 3.8) is 0 Å². The van der Waals surface area contributed by atoms with E-state index in [0.29, 0.717) is 4.77 Å². The van der Waals surface area contributed by atoms with Gasteiger partial charge in [-0.15, -0.1) is 6.58 Å². The fourth-order valence-electron chi connectivity index (χ4n) is 1.60. The number of nitrogens with one attached hydrogen (secondary N) is 1. The number of hydrogen-bond acceptors (Lipinski definition) is 2. The van der Waals surface area contributed by atoms with Crippen LogP contribution in [0.25, 0.3) is 11.2 Å². The first kappa shape index (κ1) is 10.1. The Morgan fingerprint density at radius 3 is 3.07 bits per heavy atom. The Labute approximate surface area is 93.5 Å². The van der Waals surface area contributed by atoms with E-state index < -0.39 is 0 Å². The first-order chi connectivity index (χ1) is 7.13. The lowest BCUT2D eigenvalue weighted by molar-refractivity contribution is 0.667. The molecule has 0 amide bonds. The number of fused-ring (bicyclic) bond motifs is 1. The van der Waals surface area contributed by atoms with Crippen molar-refractivity contribution in [1.29, 1.82) is 0 Å². The molecule has 0 radical (unpaired) electrons. The Morgan fingerprint density at radius 2 is 2.40 bits per heavy atom. The summed E-state index contributed by atoms with van der Waals surface area (Å²) < 4.78 is 2.66. The Hall–Kier alpha value is -1.42. The number of imidazole rings is 1. The number of pyridine rings is 1. The van der Waals surface area contributed by atoms with Crippen LogP contribution in [-0.4, -0.2) is 14.5 Å². The van der Waals surface area contributed by atoms with E-state index in [1.807, 2.05) is 36.8 Å². The third kappa shape index (κ3) is 1.61. The minimum atomic E-state index is 0.154. The molecule has 2 rings (SSSR count). The van der Waals surface area contributed by atoms with Crippen LogP contribution < -0.4 is 0 Å². The molecule has 0 saturated heterocycles. The Balaban J connectivity index is 2.79. The van der Waals surface area contributed by atoms with Crippen LogP contribution in [0.15, 0.2) is 24.9 Å². The van der Waals surface area contributed by atoms with Crippen LogP contribution in [0.1, 0.15) is 18.5 Å². The Kier molecular flexibility index (Phi) is 2.44. The highest BCUT2D eigenvalue weighted by Crippen LogP contribution is 2.18. The zero-order valence-electron chi connectivity index (χ0n) is 8.82. The van der Waals surface area contributed by atoms with Gasteiger partial charge in [0.05, 0.1) is 11.6 Å². The maximum atomic E-state index is 5.26. The average molecular weight is 219 g/mol. The molecular weight excluding hydrogens is 206 g/mol. The van der Waals surface area contributed by atoms with E-state index in [2.05, 4.69) is 16.5 Å². The van der Waals surface area contributed by atoms with Crippen LogP contribution in [0.4, 0.5) is 0 Å². The summed E-state index contributed by atoms with van der Waals surface area (Å²) in [6.07, 6.45) is 3.70. The highest BCUT2D eigenvalue weighted by Gasteiger charge is 2.09. The molecule has 15 heavy (non-hydrogen) atoms. The van der Waals surface area contributed by atoms with E-state index >= 15 is 0 Å². The molecule has 0 spiro atoms. The molecule has 2 aromatic rings. The molecule has 0 aromatic carbocycles. The van der Waals surface area contributed by atoms with Gasteiger partial charge in [0.2, 0.25) is 0 Å². The minimum Gasteiger partial charge on any atom is -0.329 e. The lowest BCUT2D eigenvalue weighted by atomic mass is 10.3. The third-order valence-corrected chi connectivity index (χ3v) is 2.74. The van der Waals surface area contributed by atoms with Gasteiger partial charge in [-0.3, -0.25) is 4.57 Å². The van der Waals surface area contributed by atoms with Crippen molar-refractivity contribution < 1.29 is 0 Å². The van der Waals surface area contributed by atoms with Gasteiger partial charge in [0, 0.05) is 6.20 Å². The van der Waals surface area contributed by atoms with E-state index in [1.165, 1.54) is 0 Å². The highest BCUT2D eigenvalue weighted by molar-refractivity contribution is 7.71. The van der Waals surface area contributed by atoms with Gasteiger partial charge in [-0.25, -0.2) is 4.98 Å². The zero-order chi connectivity index (χ0) is 11.0. The Bertz CT molecular complexity index is 565. The maximum Gasteiger partial charge on any atom is 0.179 e. The monoisotopic (exact) mass is 219 g/mol. The fraction of sp³-hybridized carbons (Fsp3) is 0.273. The molecule has 0 fully saturated rings. The average Bonchev–Trinajstić information content (AvgIpc) is 2.52. The summed E-state index contributed by atoms with van der Waals surface area (Å²) in [5.74, 6) is 0. The molecule has 78 valence electrons. The van der Waals surface area contributed by atoms with E-state index in [1.54, 1.807) is 0 Å². The van der Waals surface area contributed by atoms with Gasteiger partial charge >= 0.3 is 0 Å². The van der Waals surface area contributed by atoms with E-state index in [9.17, 15) is 0 Å². The number of aryl methyl sites for hydroxylation is 1. The van der Waals surface area contributed by atoms with Gasteiger partial charge in [-0.05, 0) is 37.7 Å². The summed E-state index contributed by atoms with van der Waals surface area (Å²) in [6.45, 7) is 7.82. The molecule has 1 atom stereocenters. The second kappa shape index (κ2) is 3.62. The highest BCUT2D eigenvalue weighted by atomic mass is 32.1. The topological polar surface area (TPSA) is 33.6 Å². The van der Waals surface area contributed by atoms with E-state index in [-0.39, 0.29) is 6.04 Å². The van der Waals surface area contributed by atoms with Crippen molar-refractivity contribution in [1.82, 2.24) is 14.5 Å². The third-order valence-electron chi connectivity index (χ3n) is 2.44. The second-order valence-electron chi connectivity index (χ2n) is 3.66. The maximum absolute atomic E-state index is 5.26. The molecule has 0 bridgehead atoms. The number of allylic oxidation sites excluding steroid dienone is 1. The standard InChI is InChI=1S/C11H13N3S/c1-4-8(3)14-10-9(13-11(14)15)5-7(2)6-12-10/h4-6,8H,1H2,2-3H3,(H,13,15). The predicted octanol–water partition coefficient (Wildman–Crippen LogP) is 3.15. The summed E-state index contributed by atoms with van der Waals surface area (Å²) in [4.78, 5) is 7.54. The van der Waals surface area contributed by atoms with Crippen LogP contribution in [0.3, 0.4) is 0 Å². The molecule has 3 nitrogen and oxygen atoms in total. The van der Waals surface area contributed by atoms with Crippen molar-refractivity contribution in [2.24, 2.45) is 0 Å². The molecule has 0 aliphatic carbocycles. The lowest BCUT2D eigenvalue weighted by Gasteiger charge is -2.08. The van der Waals surface area contributed by atoms with Crippen molar-refractivity contribution in [2.45, 2.75) is 19.9 Å². The normalized spacial score (nSPS) is 12.9. The number of H-pyrrole nitrogens is 1.